The normalized spacial score (nSPS) is 15.3. The van der Waals surface area contributed by atoms with Crippen molar-refractivity contribution in [2.24, 2.45) is 13.0 Å². The number of aryl methyl sites for hydroxylation is 2. The molecule has 0 saturated carbocycles. The van der Waals surface area contributed by atoms with Crippen molar-refractivity contribution in [2.75, 3.05) is 13.1 Å². The van der Waals surface area contributed by atoms with E-state index in [4.69, 9.17) is 0 Å². The first-order valence-electron chi connectivity index (χ1n) is 9.46. The second kappa shape index (κ2) is 7.39. The second-order valence-electron chi connectivity index (χ2n) is 7.32. The molecule has 4 rings (SSSR count). The first-order valence-corrected chi connectivity index (χ1v) is 9.46. The number of pyridine rings is 1. The predicted octanol–water partition coefficient (Wildman–Crippen LogP) is 3.14. The molecule has 0 bridgehead atoms. The third-order valence-electron chi connectivity index (χ3n) is 5.48. The number of likely N-dealkylation sites (tertiary alicyclic amines) is 1. The number of rotatable bonds is 4. The summed E-state index contributed by atoms with van der Waals surface area (Å²) in [5.74, 6) is 1.66. The summed E-state index contributed by atoms with van der Waals surface area (Å²) in [7, 11) is 1.92. The van der Waals surface area contributed by atoms with Gasteiger partial charge in [-0.25, -0.2) is 4.98 Å². The molecule has 4 heterocycles. The highest BCUT2D eigenvalue weighted by Crippen LogP contribution is 2.25. The monoisotopic (exact) mass is 363 g/mol. The van der Waals surface area contributed by atoms with E-state index >= 15 is 0 Å². The average molecular weight is 363 g/mol. The molecule has 0 aromatic carbocycles. The van der Waals surface area contributed by atoms with E-state index in [1.807, 2.05) is 59.4 Å². The summed E-state index contributed by atoms with van der Waals surface area (Å²) >= 11 is 0. The summed E-state index contributed by atoms with van der Waals surface area (Å²) in [5, 5.41) is 0. The molecular formula is C21H25N5O. The summed E-state index contributed by atoms with van der Waals surface area (Å²) in [6, 6.07) is 7.80. The molecule has 0 N–H and O–H groups in total. The molecule has 6 nitrogen and oxygen atoms in total. The van der Waals surface area contributed by atoms with Crippen LogP contribution in [0.3, 0.4) is 0 Å². The number of imidazole rings is 1. The van der Waals surface area contributed by atoms with Crippen molar-refractivity contribution >= 4 is 5.91 Å². The zero-order valence-electron chi connectivity index (χ0n) is 15.9. The molecule has 0 radical (unpaired) electrons. The smallest absolute Gasteiger partial charge is 0.270 e. The number of piperidine rings is 1. The van der Waals surface area contributed by atoms with Crippen molar-refractivity contribution in [1.82, 2.24) is 24.0 Å². The van der Waals surface area contributed by atoms with Gasteiger partial charge in [-0.1, -0.05) is 0 Å². The van der Waals surface area contributed by atoms with Gasteiger partial charge in [0.05, 0.1) is 0 Å². The first kappa shape index (κ1) is 17.5. The van der Waals surface area contributed by atoms with Crippen LogP contribution in [-0.2, 0) is 13.6 Å². The van der Waals surface area contributed by atoms with Crippen LogP contribution < -0.4 is 0 Å². The molecule has 1 aliphatic rings. The van der Waals surface area contributed by atoms with Crippen LogP contribution in [0.15, 0.2) is 49.1 Å². The summed E-state index contributed by atoms with van der Waals surface area (Å²) in [6.45, 7) is 4.65. The highest BCUT2D eigenvalue weighted by molar-refractivity contribution is 5.92. The lowest BCUT2D eigenvalue weighted by molar-refractivity contribution is 0.0673. The minimum absolute atomic E-state index is 0.135. The molecule has 0 atom stereocenters. The SMILES string of the molecule is Cc1cnc(-c2cccnc2)n1CC1CCN(C(=O)c2cccn2C)CC1. The fourth-order valence-electron chi connectivity index (χ4n) is 3.84. The summed E-state index contributed by atoms with van der Waals surface area (Å²) in [6.07, 6.45) is 9.52. The molecular weight excluding hydrogens is 338 g/mol. The van der Waals surface area contributed by atoms with Crippen LogP contribution in [0.4, 0.5) is 0 Å². The third kappa shape index (κ3) is 3.52. The number of carbonyl (C=O) groups is 1. The fourth-order valence-corrected chi connectivity index (χ4v) is 3.84. The molecule has 0 aliphatic carbocycles. The molecule has 3 aromatic rings. The Labute approximate surface area is 159 Å². The van der Waals surface area contributed by atoms with Crippen LogP contribution in [0.1, 0.15) is 29.0 Å². The van der Waals surface area contributed by atoms with Crippen molar-refractivity contribution in [3.63, 3.8) is 0 Å². The minimum atomic E-state index is 0.135. The highest BCUT2D eigenvalue weighted by Gasteiger charge is 2.25. The minimum Gasteiger partial charge on any atom is -0.347 e. The van der Waals surface area contributed by atoms with E-state index in [1.165, 1.54) is 0 Å². The number of aromatic nitrogens is 4. The average Bonchev–Trinajstić information content (AvgIpc) is 3.28. The largest absolute Gasteiger partial charge is 0.347 e. The van der Waals surface area contributed by atoms with Crippen LogP contribution in [0.25, 0.3) is 11.4 Å². The van der Waals surface area contributed by atoms with E-state index < -0.39 is 0 Å². The Morgan fingerprint density at radius 2 is 2.00 bits per heavy atom. The lowest BCUT2D eigenvalue weighted by Gasteiger charge is -2.32. The maximum absolute atomic E-state index is 12.7. The van der Waals surface area contributed by atoms with Crippen LogP contribution in [0.5, 0.6) is 0 Å². The number of amides is 1. The zero-order valence-corrected chi connectivity index (χ0v) is 15.9. The van der Waals surface area contributed by atoms with Gasteiger partial charge in [0, 0.05) is 62.7 Å². The molecule has 27 heavy (non-hydrogen) atoms. The van der Waals surface area contributed by atoms with E-state index in [1.54, 1.807) is 6.20 Å². The van der Waals surface area contributed by atoms with Gasteiger partial charge in [0.1, 0.15) is 11.5 Å². The van der Waals surface area contributed by atoms with Crippen LogP contribution in [0, 0.1) is 12.8 Å². The standard InChI is InChI=1S/C21H25N5O/c1-16-13-23-20(18-5-3-9-22-14-18)26(16)15-17-7-11-25(12-8-17)21(27)19-6-4-10-24(19)2/h3-6,9-10,13-14,17H,7-8,11-12,15H2,1-2H3. The van der Waals surface area contributed by atoms with E-state index in [-0.39, 0.29) is 5.91 Å². The molecule has 0 unspecified atom stereocenters. The molecule has 1 amide bonds. The number of nitrogens with zero attached hydrogens (tertiary/aromatic N) is 5. The number of carbonyl (C=O) groups excluding carboxylic acids is 1. The quantitative estimate of drug-likeness (QED) is 0.715. The van der Waals surface area contributed by atoms with Crippen molar-refractivity contribution < 1.29 is 4.79 Å². The van der Waals surface area contributed by atoms with Gasteiger partial charge in [-0.05, 0) is 49.9 Å². The van der Waals surface area contributed by atoms with Gasteiger partial charge in [-0.2, -0.15) is 0 Å². The Balaban J connectivity index is 1.42. The second-order valence-corrected chi connectivity index (χ2v) is 7.32. The van der Waals surface area contributed by atoms with Gasteiger partial charge >= 0.3 is 0 Å². The third-order valence-corrected chi connectivity index (χ3v) is 5.48. The number of hydrogen-bond donors (Lipinski definition) is 0. The Morgan fingerprint density at radius 1 is 1.19 bits per heavy atom. The topological polar surface area (TPSA) is 56.0 Å². The lowest BCUT2D eigenvalue weighted by atomic mass is 9.96. The van der Waals surface area contributed by atoms with Gasteiger partial charge in [0.2, 0.25) is 0 Å². The zero-order chi connectivity index (χ0) is 18.8. The van der Waals surface area contributed by atoms with E-state index in [0.717, 1.165) is 55.3 Å². The molecule has 0 spiro atoms. The van der Waals surface area contributed by atoms with Crippen molar-refractivity contribution in [1.29, 1.82) is 0 Å². The van der Waals surface area contributed by atoms with E-state index in [2.05, 4.69) is 21.5 Å². The van der Waals surface area contributed by atoms with Gasteiger partial charge in [0.15, 0.2) is 0 Å². The molecule has 1 saturated heterocycles. The van der Waals surface area contributed by atoms with Gasteiger partial charge < -0.3 is 14.0 Å². The number of hydrogen-bond acceptors (Lipinski definition) is 3. The molecule has 140 valence electrons. The van der Waals surface area contributed by atoms with Gasteiger partial charge in [-0.15, -0.1) is 0 Å². The summed E-state index contributed by atoms with van der Waals surface area (Å²) < 4.78 is 4.18. The molecule has 3 aromatic heterocycles. The fraction of sp³-hybridized carbons (Fsp3) is 0.381. The van der Waals surface area contributed by atoms with Gasteiger partial charge in [0.25, 0.3) is 5.91 Å². The predicted molar refractivity (Wildman–Crippen MR) is 104 cm³/mol. The van der Waals surface area contributed by atoms with Crippen LogP contribution in [-0.4, -0.2) is 43.0 Å². The van der Waals surface area contributed by atoms with Crippen molar-refractivity contribution in [3.8, 4) is 11.4 Å². The molecule has 6 heteroatoms. The van der Waals surface area contributed by atoms with Gasteiger partial charge in [-0.3, -0.25) is 9.78 Å². The summed E-state index contributed by atoms with van der Waals surface area (Å²) in [5.41, 5.74) is 2.97. The Kier molecular flexibility index (Phi) is 4.79. The highest BCUT2D eigenvalue weighted by atomic mass is 16.2. The Hall–Kier alpha value is -2.89. The first-order chi connectivity index (χ1) is 13.1. The Morgan fingerprint density at radius 3 is 2.67 bits per heavy atom. The van der Waals surface area contributed by atoms with E-state index in [9.17, 15) is 4.79 Å². The maximum atomic E-state index is 12.7. The molecule has 1 aliphatic heterocycles. The van der Waals surface area contributed by atoms with Crippen LogP contribution >= 0.6 is 0 Å². The van der Waals surface area contributed by atoms with Crippen molar-refractivity contribution in [2.45, 2.75) is 26.3 Å². The molecule has 1 fully saturated rings. The van der Waals surface area contributed by atoms with E-state index in [0.29, 0.717) is 5.92 Å². The summed E-state index contributed by atoms with van der Waals surface area (Å²) in [4.78, 5) is 23.5. The Bertz CT molecular complexity index is 919. The maximum Gasteiger partial charge on any atom is 0.270 e. The van der Waals surface area contributed by atoms with Crippen LogP contribution in [0.2, 0.25) is 0 Å². The van der Waals surface area contributed by atoms with Crippen molar-refractivity contribution in [3.05, 3.63) is 60.4 Å². The lowest BCUT2D eigenvalue weighted by Crippen LogP contribution is -2.40.